The molecule has 1 heterocycles. The van der Waals surface area contributed by atoms with Crippen LogP contribution in [-0.2, 0) is 6.54 Å². The van der Waals surface area contributed by atoms with E-state index in [1.807, 2.05) is 5.51 Å². The Bertz CT molecular complexity index is 322. The lowest BCUT2D eigenvalue weighted by Gasteiger charge is -2.24. The lowest BCUT2D eigenvalue weighted by molar-refractivity contribution is 0.237. The first-order valence-corrected chi connectivity index (χ1v) is 7.21. The SMILES string of the molecule is Cc1ncsc1CN(C)C(C)CCNC(C)C. The summed E-state index contributed by atoms with van der Waals surface area (Å²) in [5.74, 6) is 0. The van der Waals surface area contributed by atoms with Crippen molar-refractivity contribution in [3.05, 3.63) is 16.1 Å². The van der Waals surface area contributed by atoms with Crippen molar-refractivity contribution >= 4 is 11.3 Å². The normalized spacial score (nSPS) is 13.6. The minimum absolute atomic E-state index is 0.580. The Morgan fingerprint density at radius 3 is 2.65 bits per heavy atom. The van der Waals surface area contributed by atoms with Crippen molar-refractivity contribution in [2.45, 2.75) is 52.7 Å². The minimum Gasteiger partial charge on any atom is -0.314 e. The van der Waals surface area contributed by atoms with Gasteiger partial charge in [-0.3, -0.25) is 4.90 Å². The predicted molar refractivity (Wildman–Crippen MR) is 75.5 cm³/mol. The van der Waals surface area contributed by atoms with E-state index in [1.165, 1.54) is 17.0 Å². The van der Waals surface area contributed by atoms with E-state index in [9.17, 15) is 0 Å². The second kappa shape index (κ2) is 7.09. The highest BCUT2D eigenvalue weighted by molar-refractivity contribution is 7.09. The van der Waals surface area contributed by atoms with Crippen molar-refractivity contribution in [2.75, 3.05) is 13.6 Å². The van der Waals surface area contributed by atoms with Crippen molar-refractivity contribution in [3.8, 4) is 0 Å². The molecule has 0 bridgehead atoms. The van der Waals surface area contributed by atoms with Crippen LogP contribution in [0, 0.1) is 6.92 Å². The van der Waals surface area contributed by atoms with Gasteiger partial charge in [0.1, 0.15) is 0 Å². The molecule has 0 aromatic carbocycles. The lowest BCUT2D eigenvalue weighted by atomic mass is 10.2. The van der Waals surface area contributed by atoms with Gasteiger partial charge >= 0.3 is 0 Å². The molecule has 0 aliphatic rings. The Morgan fingerprint density at radius 2 is 2.12 bits per heavy atom. The van der Waals surface area contributed by atoms with Crippen molar-refractivity contribution in [1.29, 1.82) is 0 Å². The zero-order chi connectivity index (χ0) is 12.8. The molecule has 3 nitrogen and oxygen atoms in total. The van der Waals surface area contributed by atoms with Crippen LogP contribution in [0.2, 0.25) is 0 Å². The molecule has 1 atom stereocenters. The summed E-state index contributed by atoms with van der Waals surface area (Å²) in [5.41, 5.74) is 3.11. The Kier molecular flexibility index (Phi) is 6.09. The van der Waals surface area contributed by atoms with E-state index in [-0.39, 0.29) is 0 Å². The average molecular weight is 255 g/mol. The number of thiazole rings is 1. The maximum Gasteiger partial charge on any atom is 0.0798 e. The fraction of sp³-hybridized carbons (Fsp3) is 0.769. The zero-order valence-corrected chi connectivity index (χ0v) is 12.5. The van der Waals surface area contributed by atoms with Gasteiger partial charge in [-0.1, -0.05) is 13.8 Å². The molecular formula is C13H25N3S. The van der Waals surface area contributed by atoms with Crippen LogP contribution in [0.5, 0.6) is 0 Å². The third kappa shape index (κ3) is 5.15. The summed E-state index contributed by atoms with van der Waals surface area (Å²) in [6.07, 6.45) is 1.19. The van der Waals surface area contributed by atoms with Crippen LogP contribution in [0.1, 0.15) is 37.8 Å². The Labute approximate surface area is 109 Å². The molecule has 0 aliphatic carbocycles. The molecule has 0 spiro atoms. The van der Waals surface area contributed by atoms with E-state index in [2.05, 4.69) is 49.9 Å². The fourth-order valence-electron chi connectivity index (χ4n) is 1.66. The van der Waals surface area contributed by atoms with Crippen molar-refractivity contribution in [1.82, 2.24) is 15.2 Å². The molecule has 0 aliphatic heterocycles. The first kappa shape index (κ1) is 14.6. The van der Waals surface area contributed by atoms with Crippen LogP contribution in [0.15, 0.2) is 5.51 Å². The van der Waals surface area contributed by atoms with Gasteiger partial charge in [0.15, 0.2) is 0 Å². The van der Waals surface area contributed by atoms with E-state index in [0.29, 0.717) is 12.1 Å². The minimum atomic E-state index is 0.580. The topological polar surface area (TPSA) is 28.2 Å². The number of rotatable bonds is 7. The summed E-state index contributed by atoms with van der Waals surface area (Å²) in [5, 5.41) is 3.47. The quantitative estimate of drug-likeness (QED) is 0.812. The summed E-state index contributed by atoms with van der Waals surface area (Å²) >= 11 is 1.76. The Morgan fingerprint density at radius 1 is 1.41 bits per heavy atom. The van der Waals surface area contributed by atoms with Crippen LogP contribution in [-0.4, -0.2) is 35.6 Å². The van der Waals surface area contributed by atoms with Crippen molar-refractivity contribution in [2.24, 2.45) is 0 Å². The Balaban J connectivity index is 2.32. The fourth-order valence-corrected chi connectivity index (χ4v) is 2.50. The van der Waals surface area contributed by atoms with Gasteiger partial charge in [0, 0.05) is 23.5 Å². The highest BCUT2D eigenvalue weighted by Crippen LogP contribution is 2.16. The second-order valence-electron chi connectivity index (χ2n) is 5.02. The van der Waals surface area contributed by atoms with E-state index >= 15 is 0 Å². The molecular weight excluding hydrogens is 230 g/mol. The maximum atomic E-state index is 4.29. The summed E-state index contributed by atoms with van der Waals surface area (Å²) in [4.78, 5) is 8.08. The standard InChI is InChI=1S/C13H25N3S/c1-10(2)14-7-6-11(3)16(5)8-13-12(4)15-9-17-13/h9-11,14H,6-8H2,1-5H3. The number of nitrogens with one attached hydrogen (secondary N) is 1. The van der Waals surface area contributed by atoms with Crippen molar-refractivity contribution < 1.29 is 0 Å². The molecule has 0 radical (unpaired) electrons. The third-order valence-corrected chi connectivity index (χ3v) is 4.02. The number of hydrogen-bond acceptors (Lipinski definition) is 4. The van der Waals surface area contributed by atoms with Crippen LogP contribution in [0.3, 0.4) is 0 Å². The molecule has 98 valence electrons. The molecule has 17 heavy (non-hydrogen) atoms. The molecule has 1 N–H and O–H groups in total. The largest absolute Gasteiger partial charge is 0.314 e. The smallest absolute Gasteiger partial charge is 0.0798 e. The lowest BCUT2D eigenvalue weighted by Crippen LogP contribution is -2.33. The van der Waals surface area contributed by atoms with E-state index in [0.717, 1.165) is 13.1 Å². The van der Waals surface area contributed by atoms with E-state index in [1.54, 1.807) is 11.3 Å². The monoisotopic (exact) mass is 255 g/mol. The molecule has 1 unspecified atom stereocenters. The van der Waals surface area contributed by atoms with Crippen LogP contribution >= 0.6 is 11.3 Å². The van der Waals surface area contributed by atoms with Gasteiger partial charge in [0.2, 0.25) is 0 Å². The first-order chi connectivity index (χ1) is 8.00. The van der Waals surface area contributed by atoms with Gasteiger partial charge in [-0.15, -0.1) is 11.3 Å². The first-order valence-electron chi connectivity index (χ1n) is 6.33. The van der Waals surface area contributed by atoms with Gasteiger partial charge in [0.25, 0.3) is 0 Å². The highest BCUT2D eigenvalue weighted by atomic mass is 32.1. The Hall–Kier alpha value is -0.450. The molecule has 0 saturated heterocycles. The van der Waals surface area contributed by atoms with E-state index < -0.39 is 0 Å². The average Bonchev–Trinajstić information content (AvgIpc) is 2.63. The summed E-state index contributed by atoms with van der Waals surface area (Å²) < 4.78 is 0. The zero-order valence-electron chi connectivity index (χ0n) is 11.7. The molecule has 4 heteroatoms. The molecule has 0 saturated carbocycles. The number of hydrogen-bond donors (Lipinski definition) is 1. The van der Waals surface area contributed by atoms with Gasteiger partial charge in [-0.05, 0) is 33.9 Å². The summed E-state index contributed by atoms with van der Waals surface area (Å²) in [6, 6.07) is 1.18. The van der Waals surface area contributed by atoms with Crippen LogP contribution in [0.25, 0.3) is 0 Å². The molecule has 0 fully saturated rings. The van der Waals surface area contributed by atoms with Gasteiger partial charge in [-0.2, -0.15) is 0 Å². The van der Waals surface area contributed by atoms with Gasteiger partial charge < -0.3 is 5.32 Å². The summed E-state index contributed by atoms with van der Waals surface area (Å²) in [7, 11) is 2.19. The molecule has 1 aromatic heterocycles. The predicted octanol–water partition coefficient (Wildman–Crippen LogP) is 2.66. The van der Waals surface area contributed by atoms with Gasteiger partial charge in [-0.25, -0.2) is 4.98 Å². The van der Waals surface area contributed by atoms with Gasteiger partial charge in [0.05, 0.1) is 11.2 Å². The van der Waals surface area contributed by atoms with Crippen LogP contribution < -0.4 is 5.32 Å². The van der Waals surface area contributed by atoms with Crippen LogP contribution in [0.4, 0.5) is 0 Å². The number of nitrogens with zero attached hydrogens (tertiary/aromatic N) is 2. The third-order valence-electron chi connectivity index (χ3n) is 3.11. The molecule has 1 rings (SSSR count). The molecule has 1 aromatic rings. The highest BCUT2D eigenvalue weighted by Gasteiger charge is 2.11. The summed E-state index contributed by atoms with van der Waals surface area (Å²) in [6.45, 7) is 10.9. The molecule has 0 amide bonds. The number of aromatic nitrogens is 1. The maximum absolute atomic E-state index is 4.29. The number of aryl methyl sites for hydroxylation is 1. The van der Waals surface area contributed by atoms with E-state index in [4.69, 9.17) is 0 Å². The van der Waals surface area contributed by atoms with Crippen molar-refractivity contribution in [3.63, 3.8) is 0 Å². The second-order valence-corrected chi connectivity index (χ2v) is 5.96.